The molecule has 11 heteroatoms. The van der Waals surface area contributed by atoms with Crippen LogP contribution in [0.4, 0.5) is 10.8 Å². The first-order valence-electron chi connectivity index (χ1n) is 8.16. The highest BCUT2D eigenvalue weighted by Gasteiger charge is 2.25. The molecule has 2 aromatic carbocycles. The van der Waals surface area contributed by atoms with Crippen LogP contribution < -0.4 is 24.3 Å². The maximum absolute atomic E-state index is 12.8. The van der Waals surface area contributed by atoms with Gasteiger partial charge in [-0.2, -0.15) is 0 Å². The fourth-order valence-electron chi connectivity index (χ4n) is 2.70. The summed E-state index contributed by atoms with van der Waals surface area (Å²) in [6.45, 7) is 0. The summed E-state index contributed by atoms with van der Waals surface area (Å²) >= 11 is 1.16. The summed E-state index contributed by atoms with van der Waals surface area (Å²) in [7, 11) is 5.75. The lowest BCUT2D eigenvalue weighted by Crippen LogP contribution is -2.14. The van der Waals surface area contributed by atoms with E-state index in [1.807, 2.05) is 0 Å². The minimum atomic E-state index is -0.713. The molecule has 0 aliphatic rings. The minimum Gasteiger partial charge on any atom is -0.495 e. The molecule has 29 heavy (non-hydrogen) atoms. The second kappa shape index (κ2) is 8.19. The largest absolute Gasteiger partial charge is 0.495 e. The zero-order valence-electron chi connectivity index (χ0n) is 16.0. The fourth-order valence-corrected chi connectivity index (χ4v) is 3.67. The standard InChI is InChI=1S/C18H17N3O7S/c1-25-11-5-6-12(26-2)16-15(11)19-18(29-16)20-17(22)9-7-13(27-3)14(28-4)8-10(9)21(23)24/h5-8H,1-4H3,(H,19,20,22). The Morgan fingerprint density at radius 2 is 1.59 bits per heavy atom. The van der Waals surface area contributed by atoms with Gasteiger partial charge in [-0.1, -0.05) is 11.3 Å². The van der Waals surface area contributed by atoms with Crippen LogP contribution in [0.25, 0.3) is 10.2 Å². The van der Waals surface area contributed by atoms with E-state index < -0.39 is 16.5 Å². The van der Waals surface area contributed by atoms with Crippen molar-refractivity contribution < 1.29 is 28.7 Å². The Bertz CT molecular complexity index is 1060. The van der Waals surface area contributed by atoms with Crippen molar-refractivity contribution in [1.29, 1.82) is 0 Å². The highest BCUT2D eigenvalue weighted by atomic mass is 32.1. The normalized spacial score (nSPS) is 10.5. The number of nitrogens with zero attached hydrogens (tertiary/aromatic N) is 2. The first-order valence-corrected chi connectivity index (χ1v) is 8.98. The molecule has 3 rings (SSSR count). The minimum absolute atomic E-state index is 0.144. The first-order chi connectivity index (χ1) is 13.9. The van der Waals surface area contributed by atoms with E-state index in [0.29, 0.717) is 21.7 Å². The Morgan fingerprint density at radius 1 is 1.00 bits per heavy atom. The van der Waals surface area contributed by atoms with Gasteiger partial charge in [-0.3, -0.25) is 20.2 Å². The molecular formula is C18H17N3O7S. The van der Waals surface area contributed by atoms with Crippen molar-refractivity contribution >= 4 is 38.3 Å². The molecule has 1 aromatic heterocycles. The maximum Gasteiger partial charge on any atom is 0.286 e. The van der Waals surface area contributed by atoms with Crippen molar-refractivity contribution in [2.75, 3.05) is 33.8 Å². The summed E-state index contributed by atoms with van der Waals surface area (Å²) in [5.41, 5.74) is -0.101. The lowest BCUT2D eigenvalue weighted by atomic mass is 10.1. The average molecular weight is 419 g/mol. The zero-order valence-corrected chi connectivity index (χ0v) is 16.8. The number of thiazole rings is 1. The van der Waals surface area contributed by atoms with E-state index in [4.69, 9.17) is 18.9 Å². The summed E-state index contributed by atoms with van der Waals surface area (Å²) < 4.78 is 21.5. The number of hydrogen-bond acceptors (Lipinski definition) is 9. The van der Waals surface area contributed by atoms with Gasteiger partial charge in [0.1, 0.15) is 27.3 Å². The molecule has 0 saturated heterocycles. The molecule has 0 radical (unpaired) electrons. The monoisotopic (exact) mass is 419 g/mol. The summed E-state index contributed by atoms with van der Waals surface area (Å²) in [5.74, 6) is 0.696. The van der Waals surface area contributed by atoms with E-state index in [-0.39, 0.29) is 22.2 Å². The number of nitro groups is 1. The average Bonchev–Trinajstić information content (AvgIpc) is 3.15. The summed E-state index contributed by atoms with van der Waals surface area (Å²) in [6.07, 6.45) is 0. The summed E-state index contributed by atoms with van der Waals surface area (Å²) in [5, 5.41) is 14.3. The van der Waals surface area contributed by atoms with Gasteiger partial charge in [0.05, 0.1) is 39.4 Å². The lowest BCUT2D eigenvalue weighted by molar-refractivity contribution is -0.385. The molecule has 0 aliphatic heterocycles. The molecule has 3 aromatic rings. The number of ether oxygens (including phenoxy) is 4. The van der Waals surface area contributed by atoms with Crippen molar-refractivity contribution in [1.82, 2.24) is 4.98 Å². The van der Waals surface area contributed by atoms with Crippen molar-refractivity contribution in [2.45, 2.75) is 0 Å². The second-order valence-electron chi connectivity index (χ2n) is 5.60. The van der Waals surface area contributed by atoms with Gasteiger partial charge < -0.3 is 18.9 Å². The molecule has 10 nitrogen and oxygen atoms in total. The summed E-state index contributed by atoms with van der Waals surface area (Å²) in [4.78, 5) is 27.9. The number of methoxy groups -OCH3 is 4. The summed E-state index contributed by atoms with van der Waals surface area (Å²) in [6, 6.07) is 5.81. The smallest absolute Gasteiger partial charge is 0.286 e. The van der Waals surface area contributed by atoms with Crippen LogP contribution in [0.1, 0.15) is 10.4 Å². The van der Waals surface area contributed by atoms with Crippen LogP contribution >= 0.6 is 11.3 Å². The number of nitro benzene ring substituents is 1. The van der Waals surface area contributed by atoms with Gasteiger partial charge in [0.15, 0.2) is 16.6 Å². The molecule has 0 saturated carbocycles. The van der Waals surface area contributed by atoms with Crippen LogP contribution in [0.15, 0.2) is 24.3 Å². The molecule has 0 aliphatic carbocycles. The second-order valence-corrected chi connectivity index (χ2v) is 6.60. The van der Waals surface area contributed by atoms with Gasteiger partial charge in [-0.15, -0.1) is 0 Å². The number of anilines is 1. The lowest BCUT2D eigenvalue weighted by Gasteiger charge is -2.10. The Labute approximate surface area is 169 Å². The molecule has 1 heterocycles. The van der Waals surface area contributed by atoms with Crippen molar-refractivity contribution in [3.8, 4) is 23.0 Å². The Hall–Kier alpha value is -3.60. The Balaban J connectivity index is 2.03. The first kappa shape index (κ1) is 20.1. The number of carbonyl (C=O) groups excluding carboxylic acids is 1. The highest BCUT2D eigenvalue weighted by molar-refractivity contribution is 7.22. The maximum atomic E-state index is 12.8. The van der Waals surface area contributed by atoms with Crippen LogP contribution in [-0.2, 0) is 0 Å². The fraction of sp³-hybridized carbons (Fsp3) is 0.222. The molecule has 0 bridgehead atoms. The highest BCUT2D eigenvalue weighted by Crippen LogP contribution is 2.39. The Morgan fingerprint density at radius 3 is 2.17 bits per heavy atom. The number of aromatic nitrogens is 1. The number of amides is 1. The molecule has 0 atom stereocenters. The zero-order chi connectivity index (χ0) is 21.1. The van der Waals surface area contributed by atoms with E-state index in [2.05, 4.69) is 10.3 Å². The van der Waals surface area contributed by atoms with E-state index in [1.54, 1.807) is 12.1 Å². The topological polar surface area (TPSA) is 122 Å². The molecule has 1 N–H and O–H groups in total. The van der Waals surface area contributed by atoms with Crippen molar-refractivity contribution in [2.24, 2.45) is 0 Å². The predicted octanol–water partition coefficient (Wildman–Crippen LogP) is 3.49. The molecule has 0 unspecified atom stereocenters. The quantitative estimate of drug-likeness (QED) is 0.456. The van der Waals surface area contributed by atoms with Crippen LogP contribution in [0.2, 0.25) is 0 Å². The third-order valence-electron chi connectivity index (χ3n) is 4.07. The number of hydrogen-bond donors (Lipinski definition) is 1. The molecule has 152 valence electrons. The van der Waals surface area contributed by atoms with Gasteiger partial charge in [0.2, 0.25) is 0 Å². The van der Waals surface area contributed by atoms with Gasteiger partial charge in [-0.05, 0) is 12.1 Å². The van der Waals surface area contributed by atoms with E-state index in [0.717, 1.165) is 17.4 Å². The van der Waals surface area contributed by atoms with Crippen LogP contribution in [0, 0.1) is 10.1 Å². The van der Waals surface area contributed by atoms with Gasteiger partial charge >= 0.3 is 0 Å². The SMILES string of the molecule is COc1cc(C(=O)Nc2nc3c(OC)ccc(OC)c3s2)c([N+](=O)[O-])cc1OC. The predicted molar refractivity (Wildman–Crippen MR) is 107 cm³/mol. The number of benzene rings is 2. The van der Waals surface area contributed by atoms with Gasteiger partial charge in [0, 0.05) is 6.07 Å². The van der Waals surface area contributed by atoms with Crippen LogP contribution in [-0.4, -0.2) is 44.3 Å². The molecule has 0 spiro atoms. The molecule has 0 fully saturated rings. The van der Waals surface area contributed by atoms with Gasteiger partial charge in [-0.25, -0.2) is 4.98 Å². The van der Waals surface area contributed by atoms with Gasteiger partial charge in [0.25, 0.3) is 11.6 Å². The van der Waals surface area contributed by atoms with E-state index in [1.165, 1.54) is 34.5 Å². The van der Waals surface area contributed by atoms with Crippen LogP contribution in [0.5, 0.6) is 23.0 Å². The number of nitrogens with one attached hydrogen (secondary N) is 1. The van der Waals surface area contributed by atoms with E-state index in [9.17, 15) is 14.9 Å². The third-order valence-corrected chi connectivity index (χ3v) is 5.06. The van der Waals surface area contributed by atoms with Crippen molar-refractivity contribution in [3.63, 3.8) is 0 Å². The number of fused-ring (bicyclic) bond motifs is 1. The molecule has 1 amide bonds. The number of rotatable bonds is 7. The van der Waals surface area contributed by atoms with Crippen molar-refractivity contribution in [3.05, 3.63) is 39.9 Å². The number of carbonyl (C=O) groups is 1. The molecular weight excluding hydrogens is 402 g/mol. The Kier molecular flexibility index (Phi) is 5.69. The third kappa shape index (κ3) is 3.72. The van der Waals surface area contributed by atoms with Crippen LogP contribution in [0.3, 0.4) is 0 Å². The van der Waals surface area contributed by atoms with E-state index >= 15 is 0 Å².